The summed E-state index contributed by atoms with van der Waals surface area (Å²) in [4.78, 5) is 0. The molecule has 0 aliphatic carbocycles. The van der Waals surface area contributed by atoms with E-state index in [9.17, 15) is 8.78 Å². The number of nitrogens with one attached hydrogen (secondary N) is 1. The quantitative estimate of drug-likeness (QED) is 0.883. The van der Waals surface area contributed by atoms with Gasteiger partial charge in [-0.2, -0.15) is 0 Å². The van der Waals surface area contributed by atoms with Crippen LogP contribution in [0.2, 0.25) is 0 Å². The van der Waals surface area contributed by atoms with Crippen LogP contribution in [0.5, 0.6) is 0 Å². The number of hydrogen-bond acceptors (Lipinski definition) is 2. The lowest BCUT2D eigenvalue weighted by molar-refractivity contribution is -0.0910. The third-order valence-corrected chi connectivity index (χ3v) is 4.00. The summed E-state index contributed by atoms with van der Waals surface area (Å²) in [5.41, 5.74) is -0.457. The topological polar surface area (TPSA) is 21.3 Å². The van der Waals surface area contributed by atoms with E-state index in [4.69, 9.17) is 4.74 Å². The molecule has 1 aromatic carbocycles. The molecule has 0 aromatic heterocycles. The van der Waals surface area contributed by atoms with E-state index < -0.39 is 23.3 Å². The van der Waals surface area contributed by atoms with Crippen LogP contribution >= 0.6 is 0 Å². The van der Waals surface area contributed by atoms with Gasteiger partial charge >= 0.3 is 0 Å². The van der Waals surface area contributed by atoms with E-state index in [0.717, 1.165) is 25.7 Å². The molecule has 1 fully saturated rings. The summed E-state index contributed by atoms with van der Waals surface area (Å²) in [7, 11) is 0. The van der Waals surface area contributed by atoms with E-state index in [0.29, 0.717) is 13.2 Å². The smallest absolute Gasteiger partial charge is 0.131 e. The van der Waals surface area contributed by atoms with Crippen molar-refractivity contribution in [1.82, 2.24) is 5.32 Å². The Bertz CT molecular complexity index is 424. The highest BCUT2D eigenvalue weighted by atomic mass is 19.1. The van der Waals surface area contributed by atoms with Crippen LogP contribution in [0.3, 0.4) is 0 Å². The molecular formula is C16H23F2NO. The maximum Gasteiger partial charge on any atom is 0.131 e. The Morgan fingerprint density at radius 3 is 2.55 bits per heavy atom. The standard InChI is InChI=1S/C16H23F2NO/c1-3-10-19-15(16(2)9-4-5-11-20-16)14-12(17)7-6-8-13(14)18/h6-8,15,19H,3-5,9-11H2,1-2H3. The summed E-state index contributed by atoms with van der Waals surface area (Å²) in [6.07, 6.45) is 3.75. The molecule has 0 bridgehead atoms. The van der Waals surface area contributed by atoms with Gasteiger partial charge in [0, 0.05) is 12.2 Å². The predicted molar refractivity (Wildman–Crippen MR) is 75.6 cm³/mol. The fraction of sp³-hybridized carbons (Fsp3) is 0.625. The van der Waals surface area contributed by atoms with Crippen molar-refractivity contribution in [3.8, 4) is 0 Å². The average Bonchev–Trinajstić information content (AvgIpc) is 2.42. The summed E-state index contributed by atoms with van der Waals surface area (Å²) in [6, 6.07) is 3.56. The monoisotopic (exact) mass is 283 g/mol. The minimum atomic E-state index is -0.559. The van der Waals surface area contributed by atoms with Crippen molar-refractivity contribution in [1.29, 1.82) is 0 Å². The van der Waals surface area contributed by atoms with Gasteiger partial charge in [-0.25, -0.2) is 8.78 Å². The van der Waals surface area contributed by atoms with Crippen LogP contribution in [0.4, 0.5) is 8.78 Å². The van der Waals surface area contributed by atoms with Crippen molar-refractivity contribution < 1.29 is 13.5 Å². The fourth-order valence-corrected chi connectivity index (χ4v) is 2.88. The maximum absolute atomic E-state index is 14.1. The highest BCUT2D eigenvalue weighted by Crippen LogP contribution is 2.38. The zero-order valence-corrected chi connectivity index (χ0v) is 12.2. The molecular weight excluding hydrogens is 260 g/mol. The summed E-state index contributed by atoms with van der Waals surface area (Å²) in [6.45, 7) is 5.34. The molecule has 0 amide bonds. The van der Waals surface area contributed by atoms with Crippen LogP contribution < -0.4 is 5.32 Å². The van der Waals surface area contributed by atoms with Crippen molar-refractivity contribution in [2.45, 2.75) is 51.2 Å². The Balaban J connectivity index is 2.36. The molecule has 2 nitrogen and oxygen atoms in total. The minimum absolute atomic E-state index is 0.102. The van der Waals surface area contributed by atoms with Crippen LogP contribution in [0.15, 0.2) is 18.2 Å². The second kappa shape index (κ2) is 6.64. The summed E-state index contributed by atoms with van der Waals surface area (Å²) in [5.74, 6) is -1.01. The molecule has 1 N–H and O–H groups in total. The lowest BCUT2D eigenvalue weighted by Crippen LogP contribution is -2.46. The molecule has 1 aliphatic heterocycles. The second-order valence-electron chi connectivity index (χ2n) is 5.64. The molecule has 1 aliphatic rings. The van der Waals surface area contributed by atoms with E-state index in [1.807, 2.05) is 13.8 Å². The van der Waals surface area contributed by atoms with Gasteiger partial charge in [0.1, 0.15) is 11.6 Å². The first kappa shape index (κ1) is 15.4. The highest BCUT2D eigenvalue weighted by molar-refractivity contribution is 5.26. The maximum atomic E-state index is 14.1. The number of ether oxygens (including phenoxy) is 1. The third-order valence-electron chi connectivity index (χ3n) is 4.00. The minimum Gasteiger partial charge on any atom is -0.373 e. The van der Waals surface area contributed by atoms with Gasteiger partial charge < -0.3 is 10.1 Å². The van der Waals surface area contributed by atoms with Gasteiger partial charge in [-0.3, -0.25) is 0 Å². The molecule has 2 rings (SSSR count). The first-order chi connectivity index (χ1) is 9.58. The van der Waals surface area contributed by atoms with Gasteiger partial charge in [0.05, 0.1) is 11.6 Å². The average molecular weight is 283 g/mol. The molecule has 0 radical (unpaired) electrons. The normalized spacial score (nSPS) is 24.6. The predicted octanol–water partition coefficient (Wildman–Crippen LogP) is 3.96. The Labute approximate surface area is 119 Å². The van der Waals surface area contributed by atoms with Crippen LogP contribution in [-0.4, -0.2) is 18.8 Å². The Kier molecular flexibility index (Phi) is 5.11. The SMILES string of the molecule is CCCNC(c1c(F)cccc1F)C1(C)CCCCO1. The van der Waals surface area contributed by atoms with Gasteiger partial charge in [-0.1, -0.05) is 13.0 Å². The zero-order valence-electron chi connectivity index (χ0n) is 12.2. The van der Waals surface area contributed by atoms with Gasteiger partial charge in [0.15, 0.2) is 0 Å². The van der Waals surface area contributed by atoms with E-state index in [1.165, 1.54) is 18.2 Å². The van der Waals surface area contributed by atoms with Gasteiger partial charge in [-0.05, 0) is 51.3 Å². The van der Waals surface area contributed by atoms with Crippen molar-refractivity contribution in [2.75, 3.05) is 13.2 Å². The van der Waals surface area contributed by atoms with E-state index in [2.05, 4.69) is 5.32 Å². The lowest BCUT2D eigenvalue weighted by Gasteiger charge is -2.41. The van der Waals surface area contributed by atoms with Crippen LogP contribution in [0.1, 0.15) is 51.1 Å². The van der Waals surface area contributed by atoms with E-state index in [-0.39, 0.29) is 5.56 Å². The van der Waals surface area contributed by atoms with Crippen molar-refractivity contribution in [2.24, 2.45) is 0 Å². The Morgan fingerprint density at radius 2 is 2.00 bits per heavy atom. The van der Waals surface area contributed by atoms with Crippen molar-refractivity contribution in [3.05, 3.63) is 35.4 Å². The molecule has 4 heteroatoms. The molecule has 1 aromatic rings. The molecule has 1 saturated heterocycles. The number of benzene rings is 1. The van der Waals surface area contributed by atoms with Gasteiger partial charge in [0.25, 0.3) is 0 Å². The molecule has 20 heavy (non-hydrogen) atoms. The Morgan fingerprint density at radius 1 is 1.30 bits per heavy atom. The van der Waals surface area contributed by atoms with E-state index >= 15 is 0 Å². The van der Waals surface area contributed by atoms with Crippen molar-refractivity contribution in [3.63, 3.8) is 0 Å². The highest BCUT2D eigenvalue weighted by Gasteiger charge is 2.40. The van der Waals surface area contributed by atoms with Crippen LogP contribution in [0, 0.1) is 11.6 Å². The van der Waals surface area contributed by atoms with Crippen LogP contribution in [-0.2, 0) is 4.74 Å². The fourth-order valence-electron chi connectivity index (χ4n) is 2.88. The second-order valence-corrected chi connectivity index (χ2v) is 5.64. The van der Waals surface area contributed by atoms with Crippen LogP contribution in [0.25, 0.3) is 0 Å². The molecule has 0 saturated carbocycles. The largest absolute Gasteiger partial charge is 0.373 e. The first-order valence-corrected chi connectivity index (χ1v) is 7.40. The van der Waals surface area contributed by atoms with E-state index in [1.54, 1.807) is 0 Å². The summed E-state index contributed by atoms with van der Waals surface area (Å²) in [5, 5.41) is 3.27. The molecule has 2 atom stereocenters. The molecule has 112 valence electrons. The number of rotatable bonds is 5. The third kappa shape index (κ3) is 3.18. The molecule has 1 heterocycles. The summed E-state index contributed by atoms with van der Waals surface area (Å²) >= 11 is 0. The number of hydrogen-bond donors (Lipinski definition) is 1. The molecule has 0 spiro atoms. The lowest BCUT2D eigenvalue weighted by atomic mass is 9.83. The molecule has 2 unspecified atom stereocenters. The Hall–Kier alpha value is -1.00. The van der Waals surface area contributed by atoms with Gasteiger partial charge in [0.2, 0.25) is 0 Å². The van der Waals surface area contributed by atoms with Gasteiger partial charge in [-0.15, -0.1) is 0 Å². The zero-order chi connectivity index (χ0) is 14.6. The summed E-state index contributed by atoms with van der Waals surface area (Å²) < 4.78 is 34.1. The van der Waals surface area contributed by atoms with Crippen molar-refractivity contribution >= 4 is 0 Å². The first-order valence-electron chi connectivity index (χ1n) is 7.40. The number of halogens is 2.